The Bertz CT molecular complexity index is 1090. The Labute approximate surface area is 201 Å². The van der Waals surface area contributed by atoms with Crippen LogP contribution in [0, 0.1) is 29.1 Å². The van der Waals surface area contributed by atoms with Crippen molar-refractivity contribution < 1.29 is 18.0 Å². The summed E-state index contributed by atoms with van der Waals surface area (Å²) in [4.78, 5) is 30.6. The Hall–Kier alpha value is -2.42. The van der Waals surface area contributed by atoms with Gasteiger partial charge in [-0.15, -0.1) is 0 Å². The van der Waals surface area contributed by atoms with Crippen molar-refractivity contribution in [3.63, 3.8) is 0 Å². The molecule has 3 N–H and O–H groups in total. The summed E-state index contributed by atoms with van der Waals surface area (Å²) in [5.74, 6) is 1.70. The molecule has 34 heavy (non-hydrogen) atoms. The molecule has 1 aromatic rings. The number of amides is 2. The van der Waals surface area contributed by atoms with E-state index in [1.54, 1.807) is 18.2 Å². The molecule has 5 aliphatic rings. The zero-order valence-electron chi connectivity index (χ0n) is 19.8. The van der Waals surface area contributed by atoms with Crippen LogP contribution < -0.4 is 15.6 Å². The number of hydrazine groups is 1. The number of carbonyl (C=O) groups is 2. The SMILES string of the molecule is CC[C@H](C)[C@H](N=C1NS(=O)(=O)c2ccccc21)C(=O)NNC(=O)CC12CC3CC(CC(C3)C1)C2. The summed E-state index contributed by atoms with van der Waals surface area (Å²) in [6, 6.07) is 5.74. The Balaban J connectivity index is 1.26. The second-order valence-electron chi connectivity index (χ2n) is 11.0. The molecule has 2 amide bonds. The van der Waals surface area contributed by atoms with Crippen LogP contribution >= 0.6 is 0 Å². The molecule has 4 fully saturated rings. The van der Waals surface area contributed by atoms with Crippen molar-refractivity contribution in [2.45, 2.75) is 76.2 Å². The van der Waals surface area contributed by atoms with Crippen molar-refractivity contribution in [1.82, 2.24) is 15.6 Å². The molecular weight excluding hydrogens is 452 g/mol. The molecule has 0 saturated heterocycles. The van der Waals surface area contributed by atoms with Gasteiger partial charge in [-0.1, -0.05) is 32.4 Å². The lowest BCUT2D eigenvalue weighted by Gasteiger charge is -2.56. The van der Waals surface area contributed by atoms with Gasteiger partial charge in [0, 0.05) is 12.0 Å². The zero-order chi connectivity index (χ0) is 24.1. The van der Waals surface area contributed by atoms with Crippen LogP contribution in [0.2, 0.25) is 0 Å². The maximum Gasteiger partial charge on any atom is 0.263 e. The summed E-state index contributed by atoms with van der Waals surface area (Å²) in [6.45, 7) is 3.84. The minimum atomic E-state index is -3.69. The Morgan fingerprint density at radius 1 is 1.09 bits per heavy atom. The third-order valence-electron chi connectivity index (χ3n) is 8.41. The van der Waals surface area contributed by atoms with Crippen LogP contribution in [0.25, 0.3) is 0 Å². The minimum absolute atomic E-state index is 0.0890. The number of fused-ring (bicyclic) bond motifs is 1. The number of carbonyl (C=O) groups excluding carboxylic acids is 2. The maximum atomic E-state index is 13.1. The predicted molar refractivity (Wildman–Crippen MR) is 128 cm³/mol. The van der Waals surface area contributed by atoms with Gasteiger partial charge in [-0.2, -0.15) is 0 Å². The molecule has 0 spiro atoms. The van der Waals surface area contributed by atoms with E-state index in [1.165, 1.54) is 25.3 Å². The molecule has 8 nitrogen and oxygen atoms in total. The summed E-state index contributed by atoms with van der Waals surface area (Å²) in [7, 11) is -3.69. The van der Waals surface area contributed by atoms with Gasteiger partial charge in [0.05, 0.1) is 4.90 Å². The van der Waals surface area contributed by atoms with Gasteiger partial charge in [0.1, 0.15) is 11.9 Å². The molecule has 1 aromatic carbocycles. The van der Waals surface area contributed by atoms with Crippen LogP contribution in [-0.4, -0.2) is 32.1 Å². The molecule has 4 bridgehead atoms. The second kappa shape index (κ2) is 8.66. The number of sulfonamides is 1. The summed E-state index contributed by atoms with van der Waals surface area (Å²) < 4.78 is 27.3. The van der Waals surface area contributed by atoms with Gasteiger partial charge >= 0.3 is 0 Å². The van der Waals surface area contributed by atoms with Crippen molar-refractivity contribution in [2.24, 2.45) is 34.1 Å². The first-order chi connectivity index (χ1) is 16.2. The van der Waals surface area contributed by atoms with Crippen molar-refractivity contribution >= 4 is 27.7 Å². The Morgan fingerprint density at radius 3 is 2.32 bits per heavy atom. The van der Waals surface area contributed by atoms with Crippen molar-refractivity contribution in [3.8, 4) is 0 Å². The van der Waals surface area contributed by atoms with Crippen LogP contribution in [-0.2, 0) is 19.6 Å². The second-order valence-corrected chi connectivity index (χ2v) is 12.7. The van der Waals surface area contributed by atoms with Crippen LogP contribution in [0.5, 0.6) is 0 Å². The predicted octanol–water partition coefficient (Wildman–Crippen LogP) is 2.89. The molecule has 0 aromatic heterocycles. The van der Waals surface area contributed by atoms with E-state index in [4.69, 9.17) is 0 Å². The third-order valence-corrected chi connectivity index (χ3v) is 9.81. The smallest absolute Gasteiger partial charge is 0.263 e. The van der Waals surface area contributed by atoms with Gasteiger partial charge in [-0.3, -0.25) is 30.2 Å². The Morgan fingerprint density at radius 2 is 1.71 bits per heavy atom. The quantitative estimate of drug-likeness (QED) is 0.536. The van der Waals surface area contributed by atoms with Gasteiger partial charge in [0.25, 0.3) is 15.9 Å². The first kappa shape index (κ1) is 23.3. The first-order valence-electron chi connectivity index (χ1n) is 12.5. The lowest BCUT2D eigenvalue weighted by Crippen LogP contribution is -2.51. The molecule has 9 heteroatoms. The average Bonchev–Trinajstić information content (AvgIpc) is 3.04. The first-order valence-corrected chi connectivity index (χ1v) is 13.9. The van der Waals surface area contributed by atoms with Crippen LogP contribution in [0.1, 0.15) is 70.8 Å². The van der Waals surface area contributed by atoms with Crippen LogP contribution in [0.4, 0.5) is 0 Å². The van der Waals surface area contributed by atoms with Crippen molar-refractivity contribution in [2.75, 3.05) is 0 Å². The minimum Gasteiger partial charge on any atom is -0.273 e. The molecule has 4 saturated carbocycles. The number of benzene rings is 1. The molecule has 0 unspecified atom stereocenters. The molecule has 1 heterocycles. The molecule has 1 aliphatic heterocycles. The van der Waals surface area contributed by atoms with Crippen LogP contribution in [0.3, 0.4) is 0 Å². The van der Waals surface area contributed by atoms with E-state index in [0.717, 1.165) is 37.0 Å². The maximum absolute atomic E-state index is 13.1. The van der Waals surface area contributed by atoms with Gasteiger partial charge in [-0.25, -0.2) is 8.42 Å². The average molecular weight is 487 g/mol. The van der Waals surface area contributed by atoms with E-state index in [9.17, 15) is 18.0 Å². The number of hydrogen-bond donors (Lipinski definition) is 3. The number of rotatable bonds is 6. The van der Waals surface area contributed by atoms with Gasteiger partial charge in [0.2, 0.25) is 5.91 Å². The highest BCUT2D eigenvalue weighted by molar-refractivity contribution is 7.90. The van der Waals surface area contributed by atoms with Gasteiger partial charge in [-0.05, 0) is 79.7 Å². The number of aliphatic imine (C=N–C) groups is 1. The lowest BCUT2D eigenvalue weighted by atomic mass is 9.49. The lowest BCUT2D eigenvalue weighted by molar-refractivity contribution is -0.135. The Kier molecular flexibility index (Phi) is 5.94. The van der Waals surface area contributed by atoms with Crippen molar-refractivity contribution in [1.29, 1.82) is 0 Å². The fourth-order valence-corrected chi connectivity index (χ4v) is 8.37. The summed E-state index contributed by atoms with van der Waals surface area (Å²) in [6.07, 6.45) is 8.47. The van der Waals surface area contributed by atoms with E-state index in [-0.39, 0.29) is 28.0 Å². The highest BCUT2D eigenvalue weighted by atomic mass is 32.2. The molecule has 184 valence electrons. The molecule has 0 radical (unpaired) electrons. The monoisotopic (exact) mass is 486 g/mol. The summed E-state index contributed by atoms with van der Waals surface area (Å²) >= 11 is 0. The molecule has 6 rings (SSSR count). The van der Waals surface area contributed by atoms with E-state index >= 15 is 0 Å². The van der Waals surface area contributed by atoms with Gasteiger partial charge < -0.3 is 0 Å². The standard InChI is InChI=1S/C25H34N4O4S/c1-3-15(2)22(26-23-19-6-4-5-7-20(19)34(32,33)29-23)24(31)28-27-21(30)14-25-11-16-8-17(12-25)10-18(9-16)13-25/h4-7,15-18,22H,3,8-14H2,1-2H3,(H,26,29)(H,27,30)(H,28,31)/t15-,16?,17?,18?,22-,25?/m0/s1. The van der Waals surface area contributed by atoms with Gasteiger partial charge in [0.15, 0.2) is 0 Å². The number of hydrogen-bond acceptors (Lipinski definition) is 5. The highest BCUT2D eigenvalue weighted by Gasteiger charge is 2.51. The summed E-state index contributed by atoms with van der Waals surface area (Å²) in [5.41, 5.74) is 5.75. The highest BCUT2D eigenvalue weighted by Crippen LogP contribution is 2.61. The number of nitrogens with zero attached hydrogens (tertiary/aromatic N) is 1. The zero-order valence-corrected chi connectivity index (χ0v) is 20.7. The fourth-order valence-electron chi connectivity index (χ4n) is 7.13. The fraction of sp³-hybridized carbons (Fsp3) is 0.640. The van der Waals surface area contributed by atoms with E-state index in [2.05, 4.69) is 20.6 Å². The summed E-state index contributed by atoms with van der Waals surface area (Å²) in [5, 5.41) is 0. The molecule has 4 aliphatic carbocycles. The van der Waals surface area contributed by atoms with E-state index < -0.39 is 22.0 Å². The number of amidine groups is 1. The third kappa shape index (κ3) is 4.34. The number of nitrogens with one attached hydrogen (secondary N) is 3. The van der Waals surface area contributed by atoms with E-state index in [1.807, 2.05) is 13.8 Å². The van der Waals surface area contributed by atoms with Crippen molar-refractivity contribution in [3.05, 3.63) is 29.8 Å². The molecular formula is C25H34N4O4S. The molecule has 2 atom stereocenters. The van der Waals surface area contributed by atoms with E-state index in [0.29, 0.717) is 18.4 Å². The van der Waals surface area contributed by atoms with Crippen LogP contribution in [0.15, 0.2) is 34.2 Å². The largest absolute Gasteiger partial charge is 0.273 e. The normalized spacial score (nSPS) is 33.1. The topological polar surface area (TPSA) is 117 Å².